The maximum Gasteiger partial charge on any atom is 2.00 e. The summed E-state index contributed by atoms with van der Waals surface area (Å²) in [6, 6.07) is 13.7. The topological polar surface area (TPSA) is 18.5 Å². The molecule has 0 radical (unpaired) electrons. The predicted octanol–water partition coefficient (Wildman–Crippen LogP) is 3.84. The van der Waals surface area contributed by atoms with E-state index in [1.165, 1.54) is 0 Å². The molecule has 0 spiro atoms. The average Bonchev–Trinajstić information content (AvgIpc) is 2.40. The minimum absolute atomic E-state index is 0. The number of hydrogen-bond acceptors (Lipinski definition) is 2. The van der Waals surface area contributed by atoms with Crippen molar-refractivity contribution in [1.29, 1.82) is 0 Å². The average molecular weight is 295 g/mol. The maximum absolute atomic E-state index is 5.16. The molecule has 0 bridgehead atoms. The third-order valence-electron chi connectivity index (χ3n) is 3.04. The SMILES string of the molecule is COc1c(C)c[c-]cc1C.COc1c(C)c[c-]cc1C.[Mg+2]. The Bertz CT molecular complexity index is 473. The molecule has 0 aliphatic heterocycles. The van der Waals surface area contributed by atoms with Crippen molar-refractivity contribution in [3.05, 3.63) is 58.7 Å². The van der Waals surface area contributed by atoms with Gasteiger partial charge in [0.1, 0.15) is 0 Å². The van der Waals surface area contributed by atoms with Crippen LogP contribution in [-0.2, 0) is 0 Å². The summed E-state index contributed by atoms with van der Waals surface area (Å²) in [5.74, 6) is 1.94. The van der Waals surface area contributed by atoms with Gasteiger partial charge in [-0.1, -0.05) is 27.7 Å². The van der Waals surface area contributed by atoms with Crippen molar-refractivity contribution >= 4 is 23.1 Å². The second-order valence-electron chi connectivity index (χ2n) is 4.71. The normalized spacial score (nSPS) is 9.05. The van der Waals surface area contributed by atoms with E-state index in [0.29, 0.717) is 0 Å². The quantitative estimate of drug-likeness (QED) is 0.619. The van der Waals surface area contributed by atoms with Crippen LogP contribution in [0.5, 0.6) is 11.5 Å². The van der Waals surface area contributed by atoms with E-state index in [1.807, 2.05) is 52.0 Å². The van der Waals surface area contributed by atoms with E-state index in [0.717, 1.165) is 33.8 Å². The van der Waals surface area contributed by atoms with Crippen molar-refractivity contribution in [3.8, 4) is 11.5 Å². The Morgan fingerprint density at radius 3 is 1.00 bits per heavy atom. The minimum atomic E-state index is 0. The van der Waals surface area contributed by atoms with Gasteiger partial charge >= 0.3 is 23.1 Å². The molecule has 0 N–H and O–H groups in total. The first-order valence-corrected chi connectivity index (χ1v) is 6.53. The van der Waals surface area contributed by atoms with Gasteiger partial charge in [0.05, 0.1) is 14.2 Å². The second kappa shape index (κ2) is 9.69. The van der Waals surface area contributed by atoms with Crippen molar-refractivity contribution in [1.82, 2.24) is 0 Å². The fourth-order valence-corrected chi connectivity index (χ4v) is 2.11. The summed E-state index contributed by atoms with van der Waals surface area (Å²) in [6.45, 7) is 8.06. The molecule has 0 amide bonds. The third-order valence-corrected chi connectivity index (χ3v) is 3.04. The Morgan fingerprint density at radius 1 is 0.619 bits per heavy atom. The third kappa shape index (κ3) is 5.60. The summed E-state index contributed by atoms with van der Waals surface area (Å²) in [5.41, 5.74) is 4.56. The van der Waals surface area contributed by atoms with Gasteiger partial charge in [-0.2, -0.15) is 36.4 Å². The van der Waals surface area contributed by atoms with Crippen LogP contribution in [0.4, 0.5) is 0 Å². The van der Waals surface area contributed by atoms with Gasteiger partial charge in [0.25, 0.3) is 0 Å². The van der Waals surface area contributed by atoms with Crippen LogP contribution >= 0.6 is 0 Å². The van der Waals surface area contributed by atoms with E-state index in [2.05, 4.69) is 12.1 Å². The molecule has 0 aliphatic rings. The van der Waals surface area contributed by atoms with Gasteiger partial charge in [-0.05, 0) is 0 Å². The molecular formula is C18H22MgO2. The van der Waals surface area contributed by atoms with Crippen LogP contribution < -0.4 is 9.47 Å². The van der Waals surface area contributed by atoms with Crippen LogP contribution in [0, 0.1) is 39.8 Å². The van der Waals surface area contributed by atoms with Crippen LogP contribution in [0.2, 0.25) is 0 Å². The van der Waals surface area contributed by atoms with Crippen LogP contribution in [0.1, 0.15) is 22.3 Å². The fraction of sp³-hybridized carbons (Fsp3) is 0.333. The van der Waals surface area contributed by atoms with E-state index in [4.69, 9.17) is 9.47 Å². The molecule has 0 saturated heterocycles. The number of methoxy groups -OCH3 is 2. The van der Waals surface area contributed by atoms with E-state index >= 15 is 0 Å². The Labute approximate surface area is 144 Å². The smallest absolute Gasteiger partial charge is 0.522 e. The number of ether oxygens (including phenoxy) is 2. The molecule has 21 heavy (non-hydrogen) atoms. The van der Waals surface area contributed by atoms with E-state index in [9.17, 15) is 0 Å². The van der Waals surface area contributed by atoms with Crippen LogP contribution in [0.3, 0.4) is 0 Å². The first kappa shape index (κ1) is 19.8. The molecule has 108 valence electrons. The van der Waals surface area contributed by atoms with Gasteiger partial charge in [-0.15, -0.1) is 22.3 Å². The molecular weight excluding hydrogens is 273 g/mol. The fourth-order valence-electron chi connectivity index (χ4n) is 2.11. The molecule has 3 heteroatoms. The molecule has 0 heterocycles. The van der Waals surface area contributed by atoms with Crippen molar-refractivity contribution < 1.29 is 9.47 Å². The van der Waals surface area contributed by atoms with Gasteiger partial charge in [0, 0.05) is 11.5 Å². The van der Waals surface area contributed by atoms with Crippen LogP contribution in [0.15, 0.2) is 24.3 Å². The zero-order valence-corrected chi connectivity index (χ0v) is 15.2. The number of hydrogen-bond donors (Lipinski definition) is 0. The van der Waals surface area contributed by atoms with Gasteiger partial charge in [0.2, 0.25) is 0 Å². The van der Waals surface area contributed by atoms with Gasteiger partial charge < -0.3 is 9.47 Å². The van der Waals surface area contributed by atoms with Gasteiger partial charge in [-0.3, -0.25) is 0 Å². The summed E-state index contributed by atoms with van der Waals surface area (Å²) in [6.07, 6.45) is 0. The molecule has 2 nitrogen and oxygen atoms in total. The van der Waals surface area contributed by atoms with Crippen molar-refractivity contribution in [2.24, 2.45) is 0 Å². The Balaban J connectivity index is 0.000000364. The molecule has 0 fully saturated rings. The zero-order chi connectivity index (χ0) is 15.1. The zero-order valence-electron chi connectivity index (χ0n) is 13.8. The van der Waals surface area contributed by atoms with Gasteiger partial charge in [-0.25, -0.2) is 0 Å². The number of benzene rings is 2. The molecule has 2 aromatic carbocycles. The summed E-state index contributed by atoms with van der Waals surface area (Å²) in [4.78, 5) is 0. The first-order valence-electron chi connectivity index (χ1n) is 6.53. The van der Waals surface area contributed by atoms with Crippen molar-refractivity contribution in [2.75, 3.05) is 14.2 Å². The summed E-state index contributed by atoms with van der Waals surface area (Å²) < 4.78 is 10.3. The predicted molar refractivity (Wildman–Crippen MR) is 88.4 cm³/mol. The van der Waals surface area contributed by atoms with E-state index in [1.54, 1.807) is 14.2 Å². The molecule has 0 aliphatic carbocycles. The molecule has 2 rings (SSSR count). The minimum Gasteiger partial charge on any atom is -0.522 e. The summed E-state index contributed by atoms with van der Waals surface area (Å²) >= 11 is 0. The summed E-state index contributed by atoms with van der Waals surface area (Å²) in [5, 5.41) is 0. The summed E-state index contributed by atoms with van der Waals surface area (Å²) in [7, 11) is 3.38. The van der Waals surface area contributed by atoms with Crippen LogP contribution in [0.25, 0.3) is 0 Å². The standard InChI is InChI=1S/2C9H11O.Mg/c2*1-7-5-4-6-8(2)9(7)10-3;/h2*5-6H,1-3H3;/q2*-1;+2. The molecule has 2 aromatic rings. The maximum atomic E-state index is 5.16. The van der Waals surface area contributed by atoms with E-state index in [-0.39, 0.29) is 23.1 Å². The van der Waals surface area contributed by atoms with Crippen molar-refractivity contribution in [3.63, 3.8) is 0 Å². The number of aryl methyl sites for hydroxylation is 4. The molecule has 0 aromatic heterocycles. The monoisotopic (exact) mass is 294 g/mol. The first-order chi connectivity index (χ1) is 9.51. The van der Waals surface area contributed by atoms with Gasteiger partial charge in [0.15, 0.2) is 0 Å². The Hall–Kier alpha value is -1.19. The van der Waals surface area contributed by atoms with E-state index < -0.39 is 0 Å². The molecule has 0 atom stereocenters. The Morgan fingerprint density at radius 2 is 0.857 bits per heavy atom. The number of rotatable bonds is 2. The molecule has 0 unspecified atom stereocenters. The van der Waals surface area contributed by atoms with Crippen LogP contribution in [-0.4, -0.2) is 37.3 Å². The van der Waals surface area contributed by atoms with Crippen molar-refractivity contribution in [2.45, 2.75) is 27.7 Å². The second-order valence-corrected chi connectivity index (χ2v) is 4.71. The molecule has 0 saturated carbocycles. The largest absolute Gasteiger partial charge is 2.00 e. The Kier molecular flexibility index (Phi) is 9.14.